The molecule has 6 heteroatoms. The molecule has 6 nitrogen and oxygen atoms in total. The largest absolute Gasteiger partial charge is 0.345 e. The highest BCUT2D eigenvalue weighted by Crippen LogP contribution is 1.99. The van der Waals surface area contributed by atoms with Crippen molar-refractivity contribution < 1.29 is 14.4 Å². The molecule has 0 aliphatic carbocycles. The summed E-state index contributed by atoms with van der Waals surface area (Å²) in [6, 6.07) is -0.690. The van der Waals surface area contributed by atoms with E-state index in [9.17, 15) is 14.4 Å². The minimum atomic E-state index is -0.690. The van der Waals surface area contributed by atoms with Crippen molar-refractivity contribution in [2.24, 2.45) is 5.73 Å². The van der Waals surface area contributed by atoms with Crippen molar-refractivity contribution in [3.8, 4) is 0 Å². The second-order valence-corrected chi connectivity index (χ2v) is 3.08. The summed E-state index contributed by atoms with van der Waals surface area (Å²) in [4.78, 5) is 32.8. The first-order valence-electron chi connectivity index (χ1n) is 4.54. The molecule has 0 saturated carbocycles. The topological polar surface area (TPSA) is 113 Å². The molecule has 0 aromatic carbocycles. The maximum Gasteiger partial charge on any atom is 0.234 e. The van der Waals surface area contributed by atoms with Gasteiger partial charge in [-0.25, -0.2) is 0 Å². The van der Waals surface area contributed by atoms with Crippen LogP contribution in [0.1, 0.15) is 19.8 Å². The lowest BCUT2D eigenvalue weighted by Crippen LogP contribution is -2.42. The number of hydrogen-bond acceptors (Lipinski definition) is 5. The fourth-order valence-corrected chi connectivity index (χ4v) is 0.989. The predicted molar refractivity (Wildman–Crippen MR) is 54.7 cm³/mol. The van der Waals surface area contributed by atoms with Gasteiger partial charge in [0.05, 0.1) is 18.8 Å². The van der Waals surface area contributed by atoms with Crippen LogP contribution in [0.25, 0.3) is 0 Å². The van der Waals surface area contributed by atoms with Crippen molar-refractivity contribution in [2.45, 2.75) is 25.8 Å². The molecule has 0 aliphatic rings. The number of amides is 1. The summed E-state index contributed by atoms with van der Waals surface area (Å²) < 4.78 is 0. The summed E-state index contributed by atoms with van der Waals surface area (Å²) in [7, 11) is 0. The first-order valence-corrected chi connectivity index (χ1v) is 4.54. The van der Waals surface area contributed by atoms with Crippen LogP contribution in [0.15, 0.2) is 0 Å². The Morgan fingerprint density at radius 2 is 2.07 bits per heavy atom. The van der Waals surface area contributed by atoms with Crippen LogP contribution in [-0.2, 0) is 14.4 Å². The Hall–Kier alpha value is -1.56. The van der Waals surface area contributed by atoms with Gasteiger partial charge >= 0.3 is 0 Å². The SMILES string of the molecule is CC(=O)[C@H](CCC(=O)C=N)NC(=O)CN. The van der Waals surface area contributed by atoms with Gasteiger partial charge in [-0.1, -0.05) is 0 Å². The van der Waals surface area contributed by atoms with E-state index in [0.29, 0.717) is 6.21 Å². The number of carbonyl (C=O) groups is 3. The van der Waals surface area contributed by atoms with Gasteiger partial charge in [0, 0.05) is 6.42 Å². The third-order valence-electron chi connectivity index (χ3n) is 1.85. The molecular formula is C9H15N3O3. The molecule has 0 aromatic rings. The molecule has 0 unspecified atom stereocenters. The number of carbonyl (C=O) groups excluding carboxylic acids is 3. The lowest BCUT2D eigenvalue weighted by molar-refractivity contribution is -0.126. The Morgan fingerprint density at radius 3 is 2.47 bits per heavy atom. The van der Waals surface area contributed by atoms with E-state index in [1.54, 1.807) is 0 Å². The molecule has 0 radical (unpaired) electrons. The zero-order valence-corrected chi connectivity index (χ0v) is 8.58. The van der Waals surface area contributed by atoms with Gasteiger partial charge in [0.1, 0.15) is 0 Å². The molecule has 0 saturated heterocycles. The molecule has 1 atom stereocenters. The van der Waals surface area contributed by atoms with Gasteiger partial charge in [0.25, 0.3) is 0 Å². The van der Waals surface area contributed by atoms with Gasteiger partial charge in [-0.3, -0.25) is 14.4 Å². The number of rotatable bonds is 7. The highest BCUT2D eigenvalue weighted by molar-refractivity contribution is 6.26. The zero-order chi connectivity index (χ0) is 11.8. The fraction of sp³-hybridized carbons (Fsp3) is 0.556. The average molecular weight is 213 g/mol. The molecule has 0 rings (SSSR count). The maximum atomic E-state index is 11.1. The van der Waals surface area contributed by atoms with Crippen LogP contribution in [0.4, 0.5) is 0 Å². The summed E-state index contributed by atoms with van der Waals surface area (Å²) in [5.41, 5.74) is 5.08. The summed E-state index contributed by atoms with van der Waals surface area (Å²) >= 11 is 0. The van der Waals surface area contributed by atoms with E-state index in [2.05, 4.69) is 5.32 Å². The van der Waals surface area contributed by atoms with Crippen LogP contribution in [-0.4, -0.2) is 36.3 Å². The second kappa shape index (κ2) is 6.83. The third kappa shape index (κ3) is 5.69. The van der Waals surface area contributed by atoms with E-state index in [1.165, 1.54) is 6.92 Å². The van der Waals surface area contributed by atoms with Crippen LogP contribution < -0.4 is 11.1 Å². The zero-order valence-electron chi connectivity index (χ0n) is 8.58. The van der Waals surface area contributed by atoms with Crippen LogP contribution >= 0.6 is 0 Å². The van der Waals surface area contributed by atoms with Gasteiger partial charge < -0.3 is 16.5 Å². The predicted octanol–water partition coefficient (Wildman–Crippen LogP) is -0.982. The molecule has 0 bridgehead atoms. The monoisotopic (exact) mass is 213 g/mol. The van der Waals surface area contributed by atoms with Crippen molar-refractivity contribution in [2.75, 3.05) is 6.54 Å². The molecule has 15 heavy (non-hydrogen) atoms. The van der Waals surface area contributed by atoms with E-state index >= 15 is 0 Å². The Kier molecular flexibility index (Phi) is 6.12. The quantitative estimate of drug-likeness (QED) is 0.471. The number of hydrogen-bond donors (Lipinski definition) is 3. The van der Waals surface area contributed by atoms with Crippen molar-refractivity contribution in [3.63, 3.8) is 0 Å². The van der Waals surface area contributed by atoms with Crippen LogP contribution in [0, 0.1) is 5.41 Å². The Morgan fingerprint density at radius 1 is 1.47 bits per heavy atom. The highest BCUT2D eigenvalue weighted by atomic mass is 16.2. The van der Waals surface area contributed by atoms with Gasteiger partial charge in [-0.05, 0) is 13.3 Å². The summed E-state index contributed by atoms with van der Waals surface area (Å²) in [5, 5.41) is 9.08. The first-order chi connectivity index (χ1) is 7.01. The molecular weight excluding hydrogens is 198 g/mol. The summed E-state index contributed by atoms with van der Waals surface area (Å²) in [6.45, 7) is 1.14. The Labute approximate surface area is 87.7 Å². The van der Waals surface area contributed by atoms with E-state index in [0.717, 1.165) is 0 Å². The van der Waals surface area contributed by atoms with Gasteiger partial charge in [0.2, 0.25) is 5.91 Å². The standard InChI is InChI=1S/C9H15N3O3/c1-6(13)8(12-9(15)5-11)3-2-7(14)4-10/h4,8,10H,2-3,5,11H2,1H3,(H,12,15)/t8-/m0/s1. The van der Waals surface area contributed by atoms with Crippen molar-refractivity contribution in [3.05, 3.63) is 0 Å². The van der Waals surface area contributed by atoms with Gasteiger partial charge in [-0.15, -0.1) is 0 Å². The van der Waals surface area contributed by atoms with E-state index in [-0.39, 0.29) is 31.0 Å². The molecule has 0 aliphatic heterocycles. The second-order valence-electron chi connectivity index (χ2n) is 3.08. The lowest BCUT2D eigenvalue weighted by Gasteiger charge is -2.14. The number of nitrogens with two attached hydrogens (primary N) is 1. The van der Waals surface area contributed by atoms with Crippen molar-refractivity contribution in [1.29, 1.82) is 5.41 Å². The molecule has 84 valence electrons. The molecule has 0 spiro atoms. The Balaban J connectivity index is 4.16. The molecule has 1 amide bonds. The molecule has 0 fully saturated rings. The molecule has 0 aromatic heterocycles. The summed E-state index contributed by atoms with van der Waals surface area (Å²) in [5.74, 6) is -1.03. The molecule has 4 N–H and O–H groups in total. The molecule has 0 heterocycles. The van der Waals surface area contributed by atoms with Crippen LogP contribution in [0.5, 0.6) is 0 Å². The maximum absolute atomic E-state index is 11.1. The number of Topliss-reactive ketones (excluding diaryl/α,β-unsaturated/α-hetero) is 2. The van der Waals surface area contributed by atoms with E-state index in [1.807, 2.05) is 0 Å². The number of ketones is 2. The highest BCUT2D eigenvalue weighted by Gasteiger charge is 2.16. The Bertz CT molecular complexity index is 276. The first kappa shape index (κ1) is 13.4. The van der Waals surface area contributed by atoms with Crippen molar-refractivity contribution >= 4 is 23.7 Å². The smallest absolute Gasteiger partial charge is 0.234 e. The fourth-order valence-electron chi connectivity index (χ4n) is 0.989. The number of nitrogens with one attached hydrogen (secondary N) is 2. The lowest BCUT2D eigenvalue weighted by atomic mass is 10.1. The van der Waals surface area contributed by atoms with E-state index < -0.39 is 11.9 Å². The van der Waals surface area contributed by atoms with Crippen molar-refractivity contribution in [1.82, 2.24) is 5.32 Å². The van der Waals surface area contributed by atoms with Crippen LogP contribution in [0.2, 0.25) is 0 Å². The van der Waals surface area contributed by atoms with Gasteiger partial charge in [0.15, 0.2) is 11.6 Å². The third-order valence-corrected chi connectivity index (χ3v) is 1.85. The summed E-state index contributed by atoms with van der Waals surface area (Å²) in [6.07, 6.45) is 0.968. The average Bonchev–Trinajstić information content (AvgIpc) is 2.22. The minimum Gasteiger partial charge on any atom is -0.345 e. The van der Waals surface area contributed by atoms with Gasteiger partial charge in [-0.2, -0.15) is 0 Å². The van der Waals surface area contributed by atoms with Crippen LogP contribution in [0.3, 0.4) is 0 Å². The van der Waals surface area contributed by atoms with E-state index in [4.69, 9.17) is 11.1 Å². The normalized spacial score (nSPS) is 11.6. The minimum absolute atomic E-state index is 0.0681.